The molecule has 0 radical (unpaired) electrons. The maximum absolute atomic E-state index is 3.50. The molecule has 0 spiro atoms. The Bertz CT molecular complexity index is 225. The van der Waals surface area contributed by atoms with Gasteiger partial charge in [-0.2, -0.15) is 0 Å². The Kier molecular flexibility index (Phi) is 6.24. The highest BCUT2D eigenvalue weighted by Crippen LogP contribution is 2.10. The van der Waals surface area contributed by atoms with Crippen LogP contribution in [0.4, 0.5) is 0 Å². The van der Waals surface area contributed by atoms with E-state index in [1.807, 2.05) is 0 Å². The zero-order chi connectivity index (χ0) is 12.1. The van der Waals surface area contributed by atoms with E-state index in [2.05, 4.69) is 63.7 Å². The van der Waals surface area contributed by atoms with Gasteiger partial charge in [0, 0.05) is 0 Å². The fourth-order valence-corrected chi connectivity index (χ4v) is 2.17. The number of rotatable bonds is 4. The molecule has 0 saturated carbocycles. The summed E-state index contributed by atoms with van der Waals surface area (Å²) in [5, 5.41) is 0. The molecule has 0 heterocycles. The van der Waals surface area contributed by atoms with Crippen molar-refractivity contribution in [2.24, 2.45) is 5.92 Å². The van der Waals surface area contributed by atoms with E-state index >= 15 is 0 Å². The lowest BCUT2D eigenvalue weighted by atomic mass is 10.0. The maximum Gasteiger partial charge on any atom is 0.129 e. The molecule has 15 heavy (non-hydrogen) atoms. The first kappa shape index (κ1) is 14.7. The molecule has 88 valence electrons. The van der Waals surface area contributed by atoms with Gasteiger partial charge in [0.05, 0.1) is 6.04 Å². The fraction of sp³-hybridized carbons (Fsp3) is 0.846. The minimum absolute atomic E-state index is 0.437. The van der Waals surface area contributed by atoms with Crippen molar-refractivity contribution in [1.82, 2.24) is 4.90 Å². The largest absolute Gasteiger partial charge is 0.290 e. The molecule has 2 heteroatoms. The van der Waals surface area contributed by atoms with Gasteiger partial charge in [-0.05, 0) is 19.0 Å². The topological polar surface area (TPSA) is 3.24 Å². The van der Waals surface area contributed by atoms with Crippen LogP contribution in [-0.2, 0) is 0 Å². The Morgan fingerprint density at radius 1 is 1.07 bits per heavy atom. The summed E-state index contributed by atoms with van der Waals surface area (Å²) in [5.41, 5.74) is 3.50. The van der Waals surface area contributed by atoms with E-state index in [1.54, 1.807) is 0 Å². The lowest BCUT2D eigenvalue weighted by molar-refractivity contribution is 0.217. The van der Waals surface area contributed by atoms with Crippen LogP contribution in [0.3, 0.4) is 0 Å². The highest BCUT2D eigenvalue weighted by atomic mass is 28.3. The smallest absolute Gasteiger partial charge is 0.129 e. The molecule has 0 fully saturated rings. The number of hydrogen-bond acceptors (Lipinski definition) is 1. The Labute approximate surface area is 97.3 Å². The van der Waals surface area contributed by atoms with Crippen molar-refractivity contribution in [1.29, 1.82) is 0 Å². The Hall–Kier alpha value is -0.263. The van der Waals surface area contributed by atoms with Gasteiger partial charge in [-0.3, -0.25) is 4.90 Å². The van der Waals surface area contributed by atoms with Crippen molar-refractivity contribution >= 4 is 8.07 Å². The molecule has 0 aliphatic carbocycles. The molecule has 0 N–H and O–H groups in total. The molecule has 0 aliphatic heterocycles. The van der Waals surface area contributed by atoms with Crippen molar-refractivity contribution in [2.75, 3.05) is 13.1 Å². The first-order valence-corrected chi connectivity index (χ1v) is 9.58. The van der Waals surface area contributed by atoms with Crippen LogP contribution >= 0.6 is 0 Å². The van der Waals surface area contributed by atoms with Gasteiger partial charge in [0.15, 0.2) is 0 Å². The molecule has 0 aromatic rings. The van der Waals surface area contributed by atoms with Crippen molar-refractivity contribution in [2.45, 2.75) is 53.4 Å². The second kappa shape index (κ2) is 6.35. The Balaban J connectivity index is 4.73. The van der Waals surface area contributed by atoms with Gasteiger partial charge >= 0.3 is 0 Å². The molecule has 1 atom stereocenters. The van der Waals surface area contributed by atoms with Crippen molar-refractivity contribution in [3.05, 3.63) is 0 Å². The third-order valence-electron chi connectivity index (χ3n) is 2.43. The second-order valence-electron chi connectivity index (χ2n) is 5.43. The molecule has 1 nitrogen and oxygen atoms in total. The molecule has 0 bridgehead atoms. The summed E-state index contributed by atoms with van der Waals surface area (Å²) < 4.78 is 0. The second-order valence-corrected chi connectivity index (χ2v) is 10.2. The molecule has 0 aliphatic rings. The monoisotopic (exact) mass is 225 g/mol. The van der Waals surface area contributed by atoms with Gasteiger partial charge in [0.25, 0.3) is 0 Å². The lowest BCUT2D eigenvalue weighted by Gasteiger charge is -2.28. The normalized spacial score (nSPS) is 13.9. The predicted octanol–water partition coefficient (Wildman–Crippen LogP) is 3.23. The van der Waals surface area contributed by atoms with E-state index in [4.69, 9.17) is 0 Å². The summed E-state index contributed by atoms with van der Waals surface area (Å²) in [6, 6.07) is 0.437. The van der Waals surface area contributed by atoms with E-state index in [9.17, 15) is 0 Å². The van der Waals surface area contributed by atoms with Crippen LogP contribution in [0.5, 0.6) is 0 Å². The minimum Gasteiger partial charge on any atom is -0.290 e. The van der Waals surface area contributed by atoms with Gasteiger partial charge in [-0.25, -0.2) is 0 Å². The maximum atomic E-state index is 3.50. The number of hydrogen-bond donors (Lipinski definition) is 0. The molecule has 0 aromatic heterocycles. The molecule has 1 unspecified atom stereocenters. The Morgan fingerprint density at radius 3 is 1.80 bits per heavy atom. The summed E-state index contributed by atoms with van der Waals surface area (Å²) in [6.45, 7) is 18.1. The summed E-state index contributed by atoms with van der Waals surface area (Å²) in [4.78, 5) is 2.46. The molecular weight excluding hydrogens is 198 g/mol. The number of nitrogens with zero attached hydrogens (tertiary/aromatic N) is 1. The third kappa shape index (κ3) is 6.02. The van der Waals surface area contributed by atoms with Gasteiger partial charge in [0.1, 0.15) is 8.07 Å². The lowest BCUT2D eigenvalue weighted by Crippen LogP contribution is -2.38. The van der Waals surface area contributed by atoms with E-state index in [0.717, 1.165) is 13.1 Å². The first-order valence-electron chi connectivity index (χ1n) is 6.08. The average Bonchev–Trinajstić information content (AvgIpc) is 2.09. The summed E-state index contributed by atoms with van der Waals surface area (Å²) in [7, 11) is -1.23. The van der Waals surface area contributed by atoms with Crippen LogP contribution in [-0.4, -0.2) is 32.1 Å². The van der Waals surface area contributed by atoms with E-state index in [0.29, 0.717) is 12.0 Å². The first-order chi connectivity index (χ1) is 6.81. The van der Waals surface area contributed by atoms with Gasteiger partial charge < -0.3 is 0 Å². The third-order valence-corrected chi connectivity index (χ3v) is 3.33. The molecule has 0 rings (SSSR count). The van der Waals surface area contributed by atoms with Gasteiger partial charge in [-0.15, -0.1) is 5.54 Å². The summed E-state index contributed by atoms with van der Waals surface area (Å²) in [6.07, 6.45) is 0. The predicted molar refractivity (Wildman–Crippen MR) is 72.7 cm³/mol. The van der Waals surface area contributed by atoms with Crippen LogP contribution in [0.1, 0.15) is 27.7 Å². The van der Waals surface area contributed by atoms with Crippen LogP contribution in [0.25, 0.3) is 0 Å². The zero-order valence-corrected chi connectivity index (χ0v) is 12.5. The quantitative estimate of drug-likeness (QED) is 0.524. The fourth-order valence-electron chi connectivity index (χ4n) is 1.59. The van der Waals surface area contributed by atoms with Crippen LogP contribution in [0.2, 0.25) is 19.6 Å². The summed E-state index contributed by atoms with van der Waals surface area (Å²) in [5.74, 6) is 4.12. The van der Waals surface area contributed by atoms with Crippen molar-refractivity contribution in [3.8, 4) is 11.5 Å². The average molecular weight is 225 g/mol. The zero-order valence-electron chi connectivity index (χ0n) is 11.5. The van der Waals surface area contributed by atoms with E-state index in [-0.39, 0.29) is 0 Å². The van der Waals surface area contributed by atoms with Crippen LogP contribution in [0, 0.1) is 17.4 Å². The highest BCUT2D eigenvalue weighted by Gasteiger charge is 2.17. The van der Waals surface area contributed by atoms with Crippen molar-refractivity contribution < 1.29 is 0 Å². The van der Waals surface area contributed by atoms with Crippen molar-refractivity contribution in [3.63, 3.8) is 0 Å². The van der Waals surface area contributed by atoms with E-state index in [1.165, 1.54) is 0 Å². The molecular formula is C13H27NSi. The highest BCUT2D eigenvalue weighted by molar-refractivity contribution is 6.83. The van der Waals surface area contributed by atoms with E-state index < -0.39 is 8.07 Å². The molecule has 0 aromatic carbocycles. The SMILES string of the molecule is CCN(CC)C(C#C[Si](C)(C)C)C(C)C. The van der Waals surface area contributed by atoms with Gasteiger partial charge in [0.2, 0.25) is 0 Å². The van der Waals surface area contributed by atoms with Gasteiger partial charge in [-0.1, -0.05) is 53.3 Å². The molecule has 0 saturated heterocycles. The van der Waals surface area contributed by atoms with Crippen LogP contribution < -0.4 is 0 Å². The molecule has 0 amide bonds. The van der Waals surface area contributed by atoms with Crippen LogP contribution in [0.15, 0.2) is 0 Å². The standard InChI is InChI=1S/C13H27NSi/c1-8-14(9-2)13(12(3)4)10-11-15(5,6)7/h12-13H,8-9H2,1-7H3. The Morgan fingerprint density at radius 2 is 1.53 bits per heavy atom. The summed E-state index contributed by atoms with van der Waals surface area (Å²) >= 11 is 0. The minimum atomic E-state index is -1.23.